The summed E-state index contributed by atoms with van der Waals surface area (Å²) in [5.74, 6) is 0.486. The van der Waals surface area contributed by atoms with E-state index in [0.29, 0.717) is 5.52 Å². The molecule has 0 atom stereocenters. The summed E-state index contributed by atoms with van der Waals surface area (Å²) in [4.78, 5) is 3.22. The quantitative estimate of drug-likeness (QED) is 0.576. The first-order chi connectivity index (χ1) is 7.27. The SMILES string of the molecule is Oc1ccc(O)c2c3c([nH]c12)CCCC3. The van der Waals surface area contributed by atoms with Gasteiger partial charge in [-0.25, -0.2) is 0 Å². The molecule has 3 nitrogen and oxygen atoms in total. The Labute approximate surface area is 87.4 Å². The van der Waals surface area contributed by atoms with E-state index in [-0.39, 0.29) is 11.5 Å². The molecule has 15 heavy (non-hydrogen) atoms. The minimum Gasteiger partial charge on any atom is -0.507 e. The summed E-state index contributed by atoms with van der Waals surface area (Å²) in [5, 5.41) is 20.3. The zero-order valence-electron chi connectivity index (χ0n) is 8.38. The van der Waals surface area contributed by atoms with Gasteiger partial charge >= 0.3 is 0 Å². The number of hydrogen-bond donors (Lipinski definition) is 3. The maximum atomic E-state index is 9.81. The van der Waals surface area contributed by atoms with Gasteiger partial charge < -0.3 is 15.2 Å². The van der Waals surface area contributed by atoms with Gasteiger partial charge in [0.25, 0.3) is 0 Å². The number of H-pyrrole nitrogens is 1. The Hall–Kier alpha value is -1.64. The molecule has 0 unspecified atom stereocenters. The van der Waals surface area contributed by atoms with Gasteiger partial charge in [0.1, 0.15) is 11.5 Å². The number of aromatic amines is 1. The summed E-state index contributed by atoms with van der Waals surface area (Å²) in [6, 6.07) is 3.08. The van der Waals surface area contributed by atoms with Gasteiger partial charge in [0, 0.05) is 11.1 Å². The molecule has 78 valence electrons. The van der Waals surface area contributed by atoms with Crippen molar-refractivity contribution < 1.29 is 10.2 Å². The van der Waals surface area contributed by atoms with Crippen LogP contribution in [0.2, 0.25) is 0 Å². The molecule has 1 aromatic carbocycles. The van der Waals surface area contributed by atoms with Gasteiger partial charge in [-0.3, -0.25) is 0 Å². The lowest BCUT2D eigenvalue weighted by molar-refractivity contribution is 0.469. The van der Waals surface area contributed by atoms with Crippen LogP contribution in [0.4, 0.5) is 0 Å². The third-order valence-corrected chi connectivity index (χ3v) is 3.21. The average molecular weight is 203 g/mol. The van der Waals surface area contributed by atoms with Crippen molar-refractivity contribution in [1.29, 1.82) is 0 Å². The molecule has 0 aliphatic heterocycles. The van der Waals surface area contributed by atoms with Crippen molar-refractivity contribution in [2.75, 3.05) is 0 Å². The molecule has 3 heteroatoms. The van der Waals surface area contributed by atoms with E-state index in [1.165, 1.54) is 23.7 Å². The van der Waals surface area contributed by atoms with Crippen LogP contribution in [0.15, 0.2) is 12.1 Å². The number of benzene rings is 1. The van der Waals surface area contributed by atoms with Crippen molar-refractivity contribution in [3.63, 3.8) is 0 Å². The number of nitrogens with one attached hydrogen (secondary N) is 1. The molecule has 2 aromatic rings. The molecule has 0 saturated carbocycles. The van der Waals surface area contributed by atoms with Crippen LogP contribution in [-0.4, -0.2) is 15.2 Å². The first kappa shape index (κ1) is 8.65. The predicted molar refractivity (Wildman–Crippen MR) is 58.3 cm³/mol. The lowest BCUT2D eigenvalue weighted by atomic mass is 9.95. The summed E-state index contributed by atoms with van der Waals surface area (Å²) in [6.07, 6.45) is 4.35. The van der Waals surface area contributed by atoms with Crippen molar-refractivity contribution >= 4 is 10.9 Å². The van der Waals surface area contributed by atoms with Crippen LogP contribution in [0.25, 0.3) is 10.9 Å². The highest BCUT2D eigenvalue weighted by Gasteiger charge is 2.19. The molecular weight excluding hydrogens is 190 g/mol. The number of aromatic nitrogens is 1. The van der Waals surface area contributed by atoms with Gasteiger partial charge in [-0.2, -0.15) is 0 Å². The van der Waals surface area contributed by atoms with E-state index < -0.39 is 0 Å². The minimum atomic E-state index is 0.220. The Kier molecular flexibility index (Phi) is 1.69. The number of fused-ring (bicyclic) bond motifs is 3. The van der Waals surface area contributed by atoms with Crippen LogP contribution in [0.5, 0.6) is 11.5 Å². The fourth-order valence-corrected chi connectivity index (χ4v) is 2.48. The normalized spacial score (nSPS) is 15.5. The summed E-state index contributed by atoms with van der Waals surface area (Å²) in [7, 11) is 0. The molecule has 3 N–H and O–H groups in total. The maximum absolute atomic E-state index is 9.81. The largest absolute Gasteiger partial charge is 0.507 e. The van der Waals surface area contributed by atoms with Crippen molar-refractivity contribution in [3.05, 3.63) is 23.4 Å². The number of phenols is 2. The molecule has 0 saturated heterocycles. The Bertz CT molecular complexity index is 528. The smallest absolute Gasteiger partial charge is 0.139 e. The van der Waals surface area contributed by atoms with Gasteiger partial charge in [-0.1, -0.05) is 0 Å². The molecule has 0 radical (unpaired) electrons. The molecule has 0 bridgehead atoms. The molecular formula is C12H13NO2. The van der Waals surface area contributed by atoms with Crippen LogP contribution in [0.3, 0.4) is 0 Å². The summed E-state index contributed by atoms with van der Waals surface area (Å²) in [6.45, 7) is 0. The third kappa shape index (κ3) is 1.12. The van der Waals surface area contributed by atoms with E-state index in [1.807, 2.05) is 0 Å². The standard InChI is InChI=1S/C12H13NO2/c14-9-5-6-10(15)12-11(9)7-3-1-2-4-8(7)13-12/h5-6,13-15H,1-4H2. The lowest BCUT2D eigenvalue weighted by Gasteiger charge is -2.10. The predicted octanol–water partition coefficient (Wildman–Crippen LogP) is 2.46. The topological polar surface area (TPSA) is 56.2 Å². The molecule has 0 fully saturated rings. The second kappa shape index (κ2) is 2.92. The average Bonchev–Trinajstić information content (AvgIpc) is 2.64. The van der Waals surface area contributed by atoms with Crippen molar-refractivity contribution in [2.45, 2.75) is 25.7 Å². The van der Waals surface area contributed by atoms with Crippen LogP contribution in [0.1, 0.15) is 24.1 Å². The monoisotopic (exact) mass is 203 g/mol. The second-order valence-electron chi connectivity index (χ2n) is 4.14. The number of hydrogen-bond acceptors (Lipinski definition) is 2. The highest BCUT2D eigenvalue weighted by molar-refractivity contribution is 5.94. The Morgan fingerprint density at radius 3 is 2.60 bits per heavy atom. The van der Waals surface area contributed by atoms with Crippen LogP contribution < -0.4 is 0 Å². The van der Waals surface area contributed by atoms with Gasteiger partial charge in [0.2, 0.25) is 0 Å². The highest BCUT2D eigenvalue weighted by atomic mass is 16.3. The van der Waals surface area contributed by atoms with Gasteiger partial charge in [0.05, 0.1) is 5.52 Å². The van der Waals surface area contributed by atoms with Crippen LogP contribution in [-0.2, 0) is 12.8 Å². The number of aryl methyl sites for hydroxylation is 2. The molecule has 0 amide bonds. The van der Waals surface area contributed by atoms with E-state index in [0.717, 1.165) is 24.6 Å². The molecule has 3 rings (SSSR count). The number of rotatable bonds is 0. The summed E-state index contributed by atoms with van der Waals surface area (Å²) in [5.41, 5.74) is 3.04. The Balaban J connectivity index is 2.41. The van der Waals surface area contributed by atoms with Gasteiger partial charge in [-0.05, 0) is 43.4 Å². The summed E-state index contributed by atoms with van der Waals surface area (Å²) >= 11 is 0. The van der Waals surface area contributed by atoms with Gasteiger partial charge in [0.15, 0.2) is 0 Å². The van der Waals surface area contributed by atoms with Crippen molar-refractivity contribution in [3.8, 4) is 11.5 Å². The third-order valence-electron chi connectivity index (χ3n) is 3.21. The second-order valence-corrected chi connectivity index (χ2v) is 4.14. The minimum absolute atomic E-state index is 0.220. The first-order valence-electron chi connectivity index (χ1n) is 5.32. The summed E-state index contributed by atoms with van der Waals surface area (Å²) < 4.78 is 0. The lowest BCUT2D eigenvalue weighted by Crippen LogP contribution is -1.99. The van der Waals surface area contributed by atoms with Crippen LogP contribution >= 0.6 is 0 Å². The fraction of sp³-hybridized carbons (Fsp3) is 0.333. The molecule has 0 spiro atoms. The van der Waals surface area contributed by atoms with Crippen molar-refractivity contribution in [1.82, 2.24) is 4.98 Å². The number of aromatic hydroxyl groups is 2. The Morgan fingerprint density at radius 1 is 1.00 bits per heavy atom. The van der Waals surface area contributed by atoms with E-state index in [2.05, 4.69) is 4.98 Å². The molecule has 1 aliphatic carbocycles. The van der Waals surface area contributed by atoms with E-state index in [1.54, 1.807) is 6.07 Å². The maximum Gasteiger partial charge on any atom is 0.139 e. The highest BCUT2D eigenvalue weighted by Crippen LogP contribution is 2.38. The molecule has 1 aromatic heterocycles. The van der Waals surface area contributed by atoms with Crippen LogP contribution in [0, 0.1) is 0 Å². The molecule has 1 aliphatic rings. The van der Waals surface area contributed by atoms with E-state index in [4.69, 9.17) is 0 Å². The Morgan fingerprint density at radius 2 is 1.73 bits per heavy atom. The zero-order valence-corrected chi connectivity index (χ0v) is 8.38. The first-order valence-corrected chi connectivity index (χ1v) is 5.32. The number of phenolic OH excluding ortho intramolecular Hbond substituents is 2. The zero-order chi connectivity index (χ0) is 10.4. The van der Waals surface area contributed by atoms with Gasteiger partial charge in [-0.15, -0.1) is 0 Å². The van der Waals surface area contributed by atoms with Crippen molar-refractivity contribution in [2.24, 2.45) is 0 Å². The van der Waals surface area contributed by atoms with E-state index in [9.17, 15) is 10.2 Å². The molecule has 1 heterocycles. The van der Waals surface area contributed by atoms with E-state index >= 15 is 0 Å². The fourth-order valence-electron chi connectivity index (χ4n) is 2.48.